The van der Waals surface area contributed by atoms with E-state index in [1.165, 1.54) is 18.2 Å². The molecule has 2 aromatic rings. The fourth-order valence-electron chi connectivity index (χ4n) is 3.50. The molecule has 2 heterocycles. The number of aromatic nitrogens is 1. The van der Waals surface area contributed by atoms with Crippen molar-refractivity contribution in [1.82, 2.24) is 10.3 Å². The van der Waals surface area contributed by atoms with Gasteiger partial charge >= 0.3 is 0 Å². The first-order valence-corrected chi connectivity index (χ1v) is 9.59. The maximum Gasteiger partial charge on any atom is 0.256 e. The Kier molecular flexibility index (Phi) is 6.13. The first-order valence-electron chi connectivity index (χ1n) is 9.59. The van der Waals surface area contributed by atoms with Crippen LogP contribution in [-0.4, -0.2) is 23.3 Å². The van der Waals surface area contributed by atoms with E-state index < -0.39 is 5.82 Å². The van der Waals surface area contributed by atoms with E-state index in [1.54, 1.807) is 13.0 Å². The van der Waals surface area contributed by atoms with Crippen LogP contribution in [0.3, 0.4) is 0 Å². The predicted octanol–water partition coefficient (Wildman–Crippen LogP) is 4.08. The Bertz CT molecular complexity index is 1030. The van der Waals surface area contributed by atoms with Crippen molar-refractivity contribution in [2.45, 2.75) is 39.5 Å². The van der Waals surface area contributed by atoms with Crippen molar-refractivity contribution in [1.29, 1.82) is 5.26 Å². The zero-order chi connectivity index (χ0) is 21.0. The quantitative estimate of drug-likeness (QED) is 0.487. The van der Waals surface area contributed by atoms with Crippen molar-refractivity contribution in [3.05, 3.63) is 52.1 Å². The van der Waals surface area contributed by atoms with Crippen LogP contribution in [0.1, 0.15) is 58.6 Å². The van der Waals surface area contributed by atoms with Gasteiger partial charge in [-0.2, -0.15) is 5.26 Å². The number of hydrogen-bond donors (Lipinski definition) is 3. The van der Waals surface area contributed by atoms with Crippen molar-refractivity contribution >= 4 is 29.2 Å². The van der Waals surface area contributed by atoms with E-state index in [0.29, 0.717) is 46.7 Å². The zero-order valence-corrected chi connectivity index (χ0v) is 16.5. The highest BCUT2D eigenvalue weighted by atomic mass is 19.1. The minimum Gasteiger partial charge on any atom is -0.358 e. The van der Waals surface area contributed by atoms with Crippen LogP contribution in [0, 0.1) is 31.0 Å². The Labute approximate surface area is 168 Å². The summed E-state index contributed by atoms with van der Waals surface area (Å²) in [6.07, 6.45) is 4.72. The number of rotatable bonds is 7. The molecule has 0 unspecified atom stereocenters. The van der Waals surface area contributed by atoms with Gasteiger partial charge < -0.3 is 15.6 Å². The number of anilines is 1. The highest BCUT2D eigenvalue weighted by molar-refractivity contribution is 6.34. The number of H-pyrrole nitrogens is 1. The number of amides is 2. The third-order valence-corrected chi connectivity index (χ3v) is 5.01. The van der Waals surface area contributed by atoms with Gasteiger partial charge in [0.15, 0.2) is 0 Å². The van der Waals surface area contributed by atoms with Crippen molar-refractivity contribution < 1.29 is 14.0 Å². The van der Waals surface area contributed by atoms with Gasteiger partial charge in [-0.05, 0) is 56.5 Å². The monoisotopic (exact) mass is 394 g/mol. The lowest BCUT2D eigenvalue weighted by Gasteiger charge is -2.05. The van der Waals surface area contributed by atoms with Crippen LogP contribution in [0.25, 0.3) is 11.6 Å². The van der Waals surface area contributed by atoms with Gasteiger partial charge in [0.25, 0.3) is 11.8 Å². The summed E-state index contributed by atoms with van der Waals surface area (Å²) in [6, 6.07) is 6.26. The molecule has 1 aliphatic heterocycles. The summed E-state index contributed by atoms with van der Waals surface area (Å²) in [5, 5.41) is 14.2. The summed E-state index contributed by atoms with van der Waals surface area (Å²) >= 11 is 0. The number of carbonyl (C=O) groups is 2. The van der Waals surface area contributed by atoms with E-state index in [2.05, 4.69) is 21.7 Å². The second-order valence-corrected chi connectivity index (χ2v) is 7.09. The van der Waals surface area contributed by atoms with Gasteiger partial charge in [0.1, 0.15) is 5.82 Å². The molecule has 1 aliphatic rings. The van der Waals surface area contributed by atoms with Gasteiger partial charge in [0, 0.05) is 35.6 Å². The molecule has 0 fully saturated rings. The number of benzene rings is 1. The number of aromatic amines is 1. The molecule has 3 rings (SSSR count). The third-order valence-electron chi connectivity index (χ3n) is 5.01. The highest BCUT2D eigenvalue weighted by Gasteiger charge is 2.26. The number of halogens is 1. The van der Waals surface area contributed by atoms with Crippen LogP contribution in [-0.2, 0) is 4.79 Å². The molecule has 1 aromatic heterocycles. The van der Waals surface area contributed by atoms with Gasteiger partial charge in [-0.1, -0.05) is 6.42 Å². The molecule has 150 valence electrons. The minimum atomic E-state index is -0.416. The molecular weight excluding hydrogens is 371 g/mol. The molecule has 0 radical (unpaired) electrons. The van der Waals surface area contributed by atoms with Crippen LogP contribution in [0.2, 0.25) is 0 Å². The van der Waals surface area contributed by atoms with Crippen molar-refractivity contribution in [3.63, 3.8) is 0 Å². The number of nitriles is 1. The summed E-state index contributed by atoms with van der Waals surface area (Å²) in [6.45, 7) is 4.16. The van der Waals surface area contributed by atoms with Crippen LogP contribution in [0.5, 0.6) is 0 Å². The summed E-state index contributed by atoms with van der Waals surface area (Å²) in [4.78, 5) is 28.1. The molecule has 0 spiro atoms. The first-order chi connectivity index (χ1) is 13.9. The fraction of sp³-hybridized carbons (Fsp3) is 0.318. The van der Waals surface area contributed by atoms with E-state index in [-0.39, 0.29) is 11.8 Å². The molecule has 0 atom stereocenters. The van der Waals surface area contributed by atoms with E-state index in [0.717, 1.165) is 24.8 Å². The van der Waals surface area contributed by atoms with Crippen molar-refractivity contribution in [3.8, 4) is 6.07 Å². The lowest BCUT2D eigenvalue weighted by atomic mass is 10.0. The second kappa shape index (κ2) is 8.74. The fourth-order valence-corrected chi connectivity index (χ4v) is 3.50. The summed E-state index contributed by atoms with van der Waals surface area (Å²) < 4.78 is 13.6. The predicted molar refractivity (Wildman–Crippen MR) is 110 cm³/mol. The molecule has 0 saturated carbocycles. The molecule has 29 heavy (non-hydrogen) atoms. The Morgan fingerprint density at radius 3 is 2.83 bits per heavy atom. The van der Waals surface area contributed by atoms with Gasteiger partial charge in [0.2, 0.25) is 0 Å². The molecule has 3 N–H and O–H groups in total. The third kappa shape index (κ3) is 4.37. The molecule has 2 amide bonds. The topological polar surface area (TPSA) is 97.8 Å². The van der Waals surface area contributed by atoms with Gasteiger partial charge in [-0.15, -0.1) is 0 Å². The van der Waals surface area contributed by atoms with Crippen LogP contribution in [0.4, 0.5) is 10.1 Å². The number of hydrogen-bond acceptors (Lipinski definition) is 3. The van der Waals surface area contributed by atoms with E-state index in [1.807, 2.05) is 6.92 Å². The average molecular weight is 394 g/mol. The zero-order valence-electron chi connectivity index (χ0n) is 16.5. The van der Waals surface area contributed by atoms with Crippen molar-refractivity contribution in [2.24, 2.45) is 0 Å². The molecular formula is C22H23FN4O2. The number of nitrogens with zero attached hydrogens (tertiary/aromatic N) is 1. The molecule has 7 heteroatoms. The maximum absolute atomic E-state index is 13.6. The number of nitrogens with one attached hydrogen (secondary N) is 3. The van der Waals surface area contributed by atoms with E-state index in [9.17, 15) is 14.0 Å². The lowest BCUT2D eigenvalue weighted by Crippen LogP contribution is -2.25. The molecule has 1 aromatic carbocycles. The Hall–Kier alpha value is -3.40. The minimum absolute atomic E-state index is 0.177. The Morgan fingerprint density at radius 1 is 1.28 bits per heavy atom. The standard InChI is InChI=1S/C22H23FN4O2/c1-13-19(12-17-16-11-15(23)7-8-18(16)27-21(17)28)26-14(2)20(13)22(29)25-10-6-4-3-5-9-24/h7-8,11-12,26H,3-6,10H2,1-2H3,(H,25,29)(H,27,28)/b17-12-. The highest BCUT2D eigenvalue weighted by Crippen LogP contribution is 2.34. The SMILES string of the molecule is Cc1[nH]c(/C=C2\C(=O)Nc3ccc(F)cc32)c(C)c1C(=O)NCCCCCC#N. The molecule has 0 bridgehead atoms. The molecule has 0 saturated heterocycles. The molecule has 6 nitrogen and oxygen atoms in total. The number of unbranched alkanes of at least 4 members (excludes halogenated alkanes) is 3. The smallest absolute Gasteiger partial charge is 0.256 e. The second-order valence-electron chi connectivity index (χ2n) is 7.09. The van der Waals surface area contributed by atoms with Crippen LogP contribution >= 0.6 is 0 Å². The first kappa shape index (κ1) is 20.3. The van der Waals surface area contributed by atoms with Gasteiger partial charge in [-0.25, -0.2) is 4.39 Å². The summed E-state index contributed by atoms with van der Waals surface area (Å²) in [7, 11) is 0. The lowest BCUT2D eigenvalue weighted by molar-refractivity contribution is -0.110. The molecule has 0 aliphatic carbocycles. The Balaban J connectivity index is 1.78. The number of aryl methyl sites for hydroxylation is 1. The van der Waals surface area contributed by atoms with Crippen LogP contribution in [0.15, 0.2) is 18.2 Å². The van der Waals surface area contributed by atoms with Crippen molar-refractivity contribution in [2.75, 3.05) is 11.9 Å². The van der Waals surface area contributed by atoms with E-state index in [4.69, 9.17) is 5.26 Å². The van der Waals surface area contributed by atoms with E-state index >= 15 is 0 Å². The maximum atomic E-state index is 13.6. The van der Waals surface area contributed by atoms with Crippen LogP contribution < -0.4 is 10.6 Å². The summed E-state index contributed by atoms with van der Waals surface area (Å²) in [5.74, 6) is -0.899. The van der Waals surface area contributed by atoms with Gasteiger partial charge in [0.05, 0.1) is 17.2 Å². The average Bonchev–Trinajstić information content (AvgIpc) is 3.14. The van der Waals surface area contributed by atoms with Gasteiger partial charge in [-0.3, -0.25) is 9.59 Å². The number of fused-ring (bicyclic) bond motifs is 1. The largest absolute Gasteiger partial charge is 0.358 e. The Morgan fingerprint density at radius 2 is 2.07 bits per heavy atom. The normalized spacial score (nSPS) is 13.9. The summed E-state index contributed by atoms with van der Waals surface area (Å²) in [5.41, 5.74) is 4.05. The number of carbonyl (C=O) groups excluding carboxylic acids is 2.